The standard InChI is InChI=1S/C18H18BrN3O2/c1-22(2)11-12-5-4-6-13(9-12)17-20-21-18(24-17)14-7-8-16(23-3)15(19)10-14/h4-10H,11H2,1-3H3. The monoisotopic (exact) mass is 387 g/mol. The molecule has 0 aliphatic carbocycles. The van der Waals surface area contributed by atoms with Crippen LogP contribution in [0.3, 0.4) is 0 Å². The van der Waals surface area contributed by atoms with Gasteiger partial charge in [0.1, 0.15) is 5.75 Å². The third-order valence-electron chi connectivity index (χ3n) is 3.50. The lowest BCUT2D eigenvalue weighted by atomic mass is 10.1. The maximum atomic E-state index is 5.85. The van der Waals surface area contributed by atoms with E-state index >= 15 is 0 Å². The molecule has 6 heteroatoms. The van der Waals surface area contributed by atoms with Gasteiger partial charge in [0.15, 0.2) is 0 Å². The van der Waals surface area contributed by atoms with Crippen LogP contribution in [-0.2, 0) is 6.54 Å². The van der Waals surface area contributed by atoms with Crippen molar-refractivity contribution in [3.8, 4) is 28.7 Å². The van der Waals surface area contributed by atoms with Crippen molar-refractivity contribution in [3.63, 3.8) is 0 Å². The number of benzene rings is 2. The summed E-state index contributed by atoms with van der Waals surface area (Å²) in [7, 11) is 5.71. The normalized spacial score (nSPS) is 11.0. The van der Waals surface area contributed by atoms with Crippen LogP contribution in [0, 0.1) is 0 Å². The van der Waals surface area contributed by atoms with E-state index in [4.69, 9.17) is 9.15 Å². The number of aromatic nitrogens is 2. The van der Waals surface area contributed by atoms with Gasteiger partial charge < -0.3 is 14.1 Å². The molecule has 1 aromatic heterocycles. The van der Waals surface area contributed by atoms with E-state index in [1.165, 1.54) is 5.56 Å². The molecule has 0 N–H and O–H groups in total. The fourth-order valence-corrected chi connectivity index (χ4v) is 2.96. The van der Waals surface area contributed by atoms with Crippen LogP contribution in [0.1, 0.15) is 5.56 Å². The Hall–Kier alpha value is -2.18. The van der Waals surface area contributed by atoms with Gasteiger partial charge in [0, 0.05) is 17.7 Å². The Morgan fingerprint density at radius 3 is 2.38 bits per heavy atom. The Balaban J connectivity index is 1.89. The van der Waals surface area contributed by atoms with E-state index in [-0.39, 0.29) is 0 Å². The Labute approximate surface area is 149 Å². The Morgan fingerprint density at radius 1 is 1.04 bits per heavy atom. The minimum absolute atomic E-state index is 0.478. The van der Waals surface area contributed by atoms with Crippen molar-refractivity contribution in [1.82, 2.24) is 15.1 Å². The quantitative estimate of drug-likeness (QED) is 0.655. The molecule has 0 aliphatic heterocycles. The predicted octanol–water partition coefficient (Wildman–Crippen LogP) is 4.24. The molecule has 0 spiro atoms. The molecule has 0 saturated carbocycles. The van der Waals surface area contributed by atoms with Gasteiger partial charge in [0.05, 0.1) is 11.6 Å². The molecule has 0 saturated heterocycles. The highest BCUT2D eigenvalue weighted by Crippen LogP contribution is 2.31. The molecule has 124 valence electrons. The Morgan fingerprint density at radius 2 is 1.75 bits per heavy atom. The smallest absolute Gasteiger partial charge is 0.248 e. The van der Waals surface area contributed by atoms with Crippen LogP contribution in [-0.4, -0.2) is 36.3 Å². The molecule has 2 aromatic carbocycles. The minimum Gasteiger partial charge on any atom is -0.496 e. The molecular formula is C18H18BrN3O2. The van der Waals surface area contributed by atoms with Crippen LogP contribution >= 0.6 is 15.9 Å². The summed E-state index contributed by atoms with van der Waals surface area (Å²) in [5.74, 6) is 1.75. The number of nitrogens with zero attached hydrogens (tertiary/aromatic N) is 3. The molecule has 0 amide bonds. The van der Waals surface area contributed by atoms with Crippen LogP contribution < -0.4 is 4.74 Å². The van der Waals surface area contributed by atoms with Crippen molar-refractivity contribution in [2.24, 2.45) is 0 Å². The average Bonchev–Trinajstić information content (AvgIpc) is 3.04. The topological polar surface area (TPSA) is 51.4 Å². The zero-order valence-corrected chi connectivity index (χ0v) is 15.4. The second kappa shape index (κ2) is 7.15. The van der Waals surface area contributed by atoms with Crippen LogP contribution in [0.2, 0.25) is 0 Å². The van der Waals surface area contributed by atoms with Gasteiger partial charge in [-0.2, -0.15) is 0 Å². The van der Waals surface area contributed by atoms with E-state index in [9.17, 15) is 0 Å². The van der Waals surface area contributed by atoms with Crippen LogP contribution in [0.25, 0.3) is 22.9 Å². The van der Waals surface area contributed by atoms with Gasteiger partial charge >= 0.3 is 0 Å². The molecule has 0 bridgehead atoms. The van der Waals surface area contributed by atoms with Crippen molar-refractivity contribution in [2.75, 3.05) is 21.2 Å². The zero-order chi connectivity index (χ0) is 17.1. The third kappa shape index (κ3) is 3.66. The summed E-state index contributed by atoms with van der Waals surface area (Å²) in [5.41, 5.74) is 2.95. The lowest BCUT2D eigenvalue weighted by Gasteiger charge is -2.09. The zero-order valence-electron chi connectivity index (χ0n) is 13.8. The van der Waals surface area contributed by atoms with E-state index in [1.807, 2.05) is 44.4 Å². The maximum Gasteiger partial charge on any atom is 0.248 e. The molecule has 0 fully saturated rings. The first kappa shape index (κ1) is 16.7. The number of hydrogen-bond acceptors (Lipinski definition) is 5. The number of hydrogen-bond donors (Lipinski definition) is 0. The summed E-state index contributed by atoms with van der Waals surface area (Å²) in [4.78, 5) is 2.12. The van der Waals surface area contributed by atoms with E-state index in [2.05, 4.69) is 43.2 Å². The molecule has 3 rings (SSSR count). The maximum absolute atomic E-state index is 5.85. The molecule has 0 unspecified atom stereocenters. The van der Waals surface area contributed by atoms with Gasteiger partial charge in [-0.25, -0.2) is 0 Å². The SMILES string of the molecule is COc1ccc(-c2nnc(-c3cccc(CN(C)C)c3)o2)cc1Br. The summed E-state index contributed by atoms with van der Waals surface area (Å²) in [6, 6.07) is 13.8. The van der Waals surface area contributed by atoms with Crippen molar-refractivity contribution >= 4 is 15.9 Å². The fourth-order valence-electron chi connectivity index (χ4n) is 2.42. The lowest BCUT2D eigenvalue weighted by molar-refractivity contribution is 0.402. The average molecular weight is 388 g/mol. The minimum atomic E-state index is 0.478. The summed E-state index contributed by atoms with van der Waals surface area (Å²) >= 11 is 3.47. The van der Waals surface area contributed by atoms with E-state index in [0.29, 0.717) is 11.8 Å². The molecule has 24 heavy (non-hydrogen) atoms. The number of rotatable bonds is 5. The molecular weight excluding hydrogens is 370 g/mol. The third-order valence-corrected chi connectivity index (χ3v) is 4.12. The van der Waals surface area contributed by atoms with E-state index < -0.39 is 0 Å². The van der Waals surface area contributed by atoms with Crippen LogP contribution in [0.15, 0.2) is 51.4 Å². The molecule has 0 aliphatic rings. The predicted molar refractivity (Wildman–Crippen MR) is 96.8 cm³/mol. The number of methoxy groups -OCH3 is 1. The van der Waals surface area contributed by atoms with Gasteiger partial charge in [-0.1, -0.05) is 12.1 Å². The Bertz CT molecular complexity index is 846. The van der Waals surface area contributed by atoms with Gasteiger partial charge in [-0.15, -0.1) is 10.2 Å². The van der Waals surface area contributed by atoms with Crippen molar-refractivity contribution < 1.29 is 9.15 Å². The molecule has 0 atom stereocenters. The van der Waals surface area contributed by atoms with Gasteiger partial charge in [0.25, 0.3) is 0 Å². The first-order valence-corrected chi connectivity index (χ1v) is 8.27. The molecule has 3 aromatic rings. The first-order chi connectivity index (χ1) is 11.6. The second-order valence-corrected chi connectivity index (χ2v) is 6.55. The summed E-state index contributed by atoms with van der Waals surface area (Å²) in [6.07, 6.45) is 0. The van der Waals surface area contributed by atoms with Crippen molar-refractivity contribution in [3.05, 3.63) is 52.5 Å². The Kier molecular flexibility index (Phi) is 4.97. The fraction of sp³-hybridized carbons (Fsp3) is 0.222. The van der Waals surface area contributed by atoms with Gasteiger partial charge in [-0.3, -0.25) is 0 Å². The largest absolute Gasteiger partial charge is 0.496 e. The number of halogens is 1. The summed E-state index contributed by atoms with van der Waals surface area (Å²) < 4.78 is 11.9. The van der Waals surface area contributed by atoms with Crippen molar-refractivity contribution in [1.29, 1.82) is 0 Å². The van der Waals surface area contributed by atoms with E-state index in [0.717, 1.165) is 27.9 Å². The number of ether oxygens (including phenoxy) is 1. The van der Waals surface area contributed by atoms with Crippen LogP contribution in [0.4, 0.5) is 0 Å². The van der Waals surface area contributed by atoms with Gasteiger partial charge in [-0.05, 0) is 65.9 Å². The highest BCUT2D eigenvalue weighted by Gasteiger charge is 2.12. The molecule has 1 heterocycles. The van der Waals surface area contributed by atoms with Crippen LogP contribution in [0.5, 0.6) is 5.75 Å². The van der Waals surface area contributed by atoms with Crippen molar-refractivity contribution in [2.45, 2.75) is 6.54 Å². The lowest BCUT2D eigenvalue weighted by Crippen LogP contribution is -2.10. The molecule has 5 nitrogen and oxygen atoms in total. The molecule has 0 radical (unpaired) electrons. The van der Waals surface area contributed by atoms with Gasteiger partial charge in [0.2, 0.25) is 11.8 Å². The highest BCUT2D eigenvalue weighted by atomic mass is 79.9. The highest BCUT2D eigenvalue weighted by molar-refractivity contribution is 9.10. The second-order valence-electron chi connectivity index (χ2n) is 5.70. The summed E-state index contributed by atoms with van der Waals surface area (Å²) in [5, 5.41) is 8.34. The van der Waals surface area contributed by atoms with E-state index in [1.54, 1.807) is 7.11 Å². The first-order valence-electron chi connectivity index (χ1n) is 7.48. The summed E-state index contributed by atoms with van der Waals surface area (Å²) in [6.45, 7) is 0.861.